The third-order valence-electron chi connectivity index (χ3n) is 6.33. The van der Waals surface area contributed by atoms with Gasteiger partial charge in [-0.15, -0.1) is 0 Å². The standard InChI is InChI=1S/C30H36ClN3O4S/c1-21(2)18-32-30(36)24(5)33(19-25-10-6-22(3)7-11-25)29(35)20-34(27-14-8-23(4)9-15-27)39(37,38)28-16-12-26(31)13-17-28/h6-17,21,24H,18-20H2,1-5H3,(H,32,36)/t24-/m0/s1. The lowest BCUT2D eigenvalue weighted by atomic mass is 10.1. The van der Waals surface area contributed by atoms with Gasteiger partial charge in [-0.25, -0.2) is 8.42 Å². The summed E-state index contributed by atoms with van der Waals surface area (Å²) in [6.45, 7) is 9.63. The first-order valence-corrected chi connectivity index (χ1v) is 14.7. The van der Waals surface area contributed by atoms with E-state index in [1.807, 2.05) is 52.0 Å². The Balaban J connectivity index is 2.00. The minimum atomic E-state index is -4.13. The van der Waals surface area contributed by atoms with E-state index in [4.69, 9.17) is 11.6 Å². The molecule has 9 heteroatoms. The predicted octanol–water partition coefficient (Wildman–Crippen LogP) is 5.34. The molecular formula is C30H36ClN3O4S. The zero-order valence-corrected chi connectivity index (χ0v) is 24.6. The quantitative estimate of drug-likeness (QED) is 0.338. The van der Waals surface area contributed by atoms with Crippen LogP contribution in [0.15, 0.2) is 77.7 Å². The predicted molar refractivity (Wildman–Crippen MR) is 156 cm³/mol. The molecule has 3 rings (SSSR count). The second-order valence-electron chi connectivity index (χ2n) is 10.1. The smallest absolute Gasteiger partial charge is 0.264 e. The summed E-state index contributed by atoms with van der Waals surface area (Å²) in [4.78, 5) is 28.4. The molecule has 7 nitrogen and oxygen atoms in total. The van der Waals surface area contributed by atoms with Crippen molar-refractivity contribution in [3.63, 3.8) is 0 Å². The number of sulfonamides is 1. The lowest BCUT2D eigenvalue weighted by Crippen LogP contribution is -2.51. The lowest BCUT2D eigenvalue weighted by molar-refractivity contribution is -0.139. The molecule has 0 heterocycles. The molecule has 2 amide bonds. The van der Waals surface area contributed by atoms with E-state index in [1.54, 1.807) is 31.2 Å². The Labute approximate surface area is 236 Å². The first-order chi connectivity index (χ1) is 18.4. The van der Waals surface area contributed by atoms with Crippen LogP contribution in [0.5, 0.6) is 0 Å². The Morgan fingerprint density at radius 3 is 1.92 bits per heavy atom. The van der Waals surface area contributed by atoms with Crippen molar-refractivity contribution in [3.8, 4) is 0 Å². The van der Waals surface area contributed by atoms with Crippen molar-refractivity contribution in [2.45, 2.75) is 52.1 Å². The van der Waals surface area contributed by atoms with Crippen LogP contribution < -0.4 is 9.62 Å². The molecule has 3 aromatic carbocycles. The number of hydrogen-bond acceptors (Lipinski definition) is 4. The van der Waals surface area contributed by atoms with E-state index in [0.717, 1.165) is 21.0 Å². The zero-order chi connectivity index (χ0) is 28.7. The van der Waals surface area contributed by atoms with Crippen LogP contribution in [0, 0.1) is 19.8 Å². The molecule has 0 aliphatic rings. The lowest BCUT2D eigenvalue weighted by Gasteiger charge is -2.32. The van der Waals surface area contributed by atoms with Crippen LogP contribution in [-0.4, -0.2) is 44.3 Å². The number of carbonyl (C=O) groups is 2. The SMILES string of the molecule is Cc1ccc(CN(C(=O)CN(c2ccc(C)cc2)S(=O)(=O)c2ccc(Cl)cc2)[C@@H](C)C(=O)NCC(C)C)cc1. The van der Waals surface area contributed by atoms with Gasteiger partial charge in [0.2, 0.25) is 11.8 Å². The van der Waals surface area contributed by atoms with Crippen molar-refractivity contribution >= 4 is 39.1 Å². The summed E-state index contributed by atoms with van der Waals surface area (Å²) in [5, 5.41) is 3.29. The van der Waals surface area contributed by atoms with Crippen molar-refractivity contribution in [2.24, 2.45) is 5.92 Å². The van der Waals surface area contributed by atoms with Crippen LogP contribution in [0.3, 0.4) is 0 Å². The molecule has 208 valence electrons. The molecule has 0 spiro atoms. The van der Waals surface area contributed by atoms with Crippen molar-refractivity contribution in [1.29, 1.82) is 0 Å². The van der Waals surface area contributed by atoms with Gasteiger partial charge in [0.15, 0.2) is 0 Å². The van der Waals surface area contributed by atoms with Gasteiger partial charge < -0.3 is 10.2 Å². The van der Waals surface area contributed by atoms with Gasteiger partial charge in [0.05, 0.1) is 10.6 Å². The highest BCUT2D eigenvalue weighted by molar-refractivity contribution is 7.92. The highest BCUT2D eigenvalue weighted by Crippen LogP contribution is 2.26. The molecule has 0 aliphatic heterocycles. The average Bonchev–Trinajstić information content (AvgIpc) is 2.90. The number of nitrogens with one attached hydrogen (secondary N) is 1. The van der Waals surface area contributed by atoms with Crippen molar-refractivity contribution in [3.05, 3.63) is 94.5 Å². The van der Waals surface area contributed by atoms with E-state index in [9.17, 15) is 18.0 Å². The Morgan fingerprint density at radius 1 is 0.846 bits per heavy atom. The van der Waals surface area contributed by atoms with Crippen LogP contribution in [0.2, 0.25) is 5.02 Å². The summed E-state index contributed by atoms with van der Waals surface area (Å²) in [5.41, 5.74) is 3.19. The van der Waals surface area contributed by atoms with E-state index < -0.39 is 28.5 Å². The number of nitrogens with zero attached hydrogens (tertiary/aromatic N) is 2. The number of rotatable bonds is 11. The van der Waals surface area contributed by atoms with Gasteiger partial charge in [-0.2, -0.15) is 0 Å². The molecule has 0 aromatic heterocycles. The fourth-order valence-electron chi connectivity index (χ4n) is 3.90. The minimum Gasteiger partial charge on any atom is -0.354 e. The summed E-state index contributed by atoms with van der Waals surface area (Å²) in [5.74, 6) is -0.559. The zero-order valence-electron chi connectivity index (χ0n) is 23.0. The fourth-order valence-corrected chi connectivity index (χ4v) is 5.44. The summed E-state index contributed by atoms with van der Waals surface area (Å²) in [7, 11) is -4.13. The fraction of sp³-hybridized carbons (Fsp3) is 0.333. The Kier molecular flexibility index (Phi) is 10.2. The number of carbonyl (C=O) groups excluding carboxylic acids is 2. The Hall–Kier alpha value is -3.36. The second-order valence-corrected chi connectivity index (χ2v) is 12.4. The molecule has 0 saturated carbocycles. The molecule has 39 heavy (non-hydrogen) atoms. The van der Waals surface area contributed by atoms with Crippen molar-refractivity contribution in [1.82, 2.24) is 10.2 Å². The maximum atomic E-state index is 13.9. The number of halogens is 1. The first-order valence-electron chi connectivity index (χ1n) is 12.9. The number of hydrogen-bond donors (Lipinski definition) is 1. The van der Waals surface area contributed by atoms with Gasteiger partial charge in [0.1, 0.15) is 12.6 Å². The van der Waals surface area contributed by atoms with Gasteiger partial charge in [-0.05, 0) is 68.7 Å². The van der Waals surface area contributed by atoms with Crippen LogP contribution in [0.1, 0.15) is 37.5 Å². The monoisotopic (exact) mass is 569 g/mol. The van der Waals surface area contributed by atoms with E-state index in [2.05, 4.69) is 5.32 Å². The Bertz CT molecular complexity index is 1370. The van der Waals surface area contributed by atoms with Gasteiger partial charge in [-0.3, -0.25) is 13.9 Å². The van der Waals surface area contributed by atoms with Crippen molar-refractivity contribution < 1.29 is 18.0 Å². The van der Waals surface area contributed by atoms with E-state index in [0.29, 0.717) is 17.3 Å². The molecule has 0 unspecified atom stereocenters. The molecule has 1 N–H and O–H groups in total. The van der Waals surface area contributed by atoms with E-state index in [-0.39, 0.29) is 23.3 Å². The summed E-state index contributed by atoms with van der Waals surface area (Å²) in [6, 6.07) is 19.6. The van der Waals surface area contributed by atoms with Crippen LogP contribution in [0.4, 0.5) is 5.69 Å². The summed E-state index contributed by atoms with van der Waals surface area (Å²) >= 11 is 5.99. The molecule has 0 fully saturated rings. The van der Waals surface area contributed by atoms with Gasteiger partial charge in [0, 0.05) is 18.1 Å². The van der Waals surface area contributed by atoms with Gasteiger partial charge in [-0.1, -0.05) is 73.0 Å². The third kappa shape index (κ3) is 8.07. The highest BCUT2D eigenvalue weighted by atomic mass is 35.5. The third-order valence-corrected chi connectivity index (χ3v) is 8.37. The van der Waals surface area contributed by atoms with Crippen LogP contribution in [0.25, 0.3) is 0 Å². The number of benzene rings is 3. The largest absolute Gasteiger partial charge is 0.354 e. The van der Waals surface area contributed by atoms with Gasteiger partial charge >= 0.3 is 0 Å². The number of anilines is 1. The second kappa shape index (κ2) is 13.1. The average molecular weight is 570 g/mol. The first kappa shape index (κ1) is 30.2. The number of aryl methyl sites for hydroxylation is 2. The maximum absolute atomic E-state index is 13.9. The van der Waals surface area contributed by atoms with Crippen molar-refractivity contribution in [2.75, 3.05) is 17.4 Å². The molecule has 1 atom stereocenters. The normalized spacial score (nSPS) is 12.2. The van der Waals surface area contributed by atoms with E-state index in [1.165, 1.54) is 29.2 Å². The van der Waals surface area contributed by atoms with Crippen LogP contribution >= 0.6 is 11.6 Å². The molecular weight excluding hydrogens is 534 g/mol. The summed E-state index contributed by atoms with van der Waals surface area (Å²) in [6.07, 6.45) is 0. The molecule has 0 aliphatic carbocycles. The van der Waals surface area contributed by atoms with Crippen LogP contribution in [-0.2, 0) is 26.2 Å². The molecule has 3 aromatic rings. The molecule has 0 bridgehead atoms. The number of amides is 2. The molecule has 0 radical (unpaired) electrons. The topological polar surface area (TPSA) is 86.8 Å². The summed E-state index contributed by atoms with van der Waals surface area (Å²) < 4.78 is 28.7. The minimum absolute atomic E-state index is 0.00749. The Morgan fingerprint density at radius 2 is 1.38 bits per heavy atom. The molecule has 0 saturated heterocycles. The highest BCUT2D eigenvalue weighted by Gasteiger charge is 2.32. The van der Waals surface area contributed by atoms with E-state index >= 15 is 0 Å². The maximum Gasteiger partial charge on any atom is 0.264 e. The van der Waals surface area contributed by atoms with Gasteiger partial charge in [0.25, 0.3) is 10.0 Å².